The first-order valence-corrected chi connectivity index (χ1v) is 5.09. The van der Waals surface area contributed by atoms with Gasteiger partial charge < -0.3 is 4.74 Å². The first-order valence-electron chi connectivity index (χ1n) is 5.09. The summed E-state index contributed by atoms with van der Waals surface area (Å²) in [7, 11) is 2.79. The van der Waals surface area contributed by atoms with Crippen molar-refractivity contribution in [3.8, 4) is 0 Å². The van der Waals surface area contributed by atoms with Crippen LogP contribution in [0.4, 0.5) is 8.78 Å². The SMILES string of the molecule is CCCCC(C(=O)OC)N(C)CC(F)F. The fraction of sp³-hybridized carbons (Fsp3) is 0.900. The van der Waals surface area contributed by atoms with Crippen LogP contribution in [0.1, 0.15) is 26.2 Å². The molecule has 0 amide bonds. The summed E-state index contributed by atoms with van der Waals surface area (Å²) in [5.41, 5.74) is 0. The highest BCUT2D eigenvalue weighted by atomic mass is 19.3. The topological polar surface area (TPSA) is 29.5 Å². The van der Waals surface area contributed by atoms with Gasteiger partial charge in [-0.1, -0.05) is 19.8 Å². The summed E-state index contributed by atoms with van der Waals surface area (Å²) >= 11 is 0. The van der Waals surface area contributed by atoms with E-state index in [1.54, 1.807) is 0 Å². The predicted molar refractivity (Wildman–Crippen MR) is 54.0 cm³/mol. The fourth-order valence-electron chi connectivity index (χ4n) is 1.40. The lowest BCUT2D eigenvalue weighted by Gasteiger charge is -2.25. The van der Waals surface area contributed by atoms with Crippen LogP contribution in [0.25, 0.3) is 0 Å². The minimum atomic E-state index is -2.43. The number of unbranched alkanes of at least 4 members (excludes halogenated alkanes) is 1. The van der Waals surface area contributed by atoms with Crippen molar-refractivity contribution in [2.24, 2.45) is 0 Å². The molecule has 15 heavy (non-hydrogen) atoms. The maximum atomic E-state index is 12.1. The van der Waals surface area contributed by atoms with Crippen molar-refractivity contribution >= 4 is 5.97 Å². The Bertz CT molecular complexity index is 188. The number of esters is 1. The number of methoxy groups -OCH3 is 1. The number of alkyl halides is 2. The van der Waals surface area contributed by atoms with E-state index in [4.69, 9.17) is 0 Å². The zero-order valence-electron chi connectivity index (χ0n) is 9.50. The number of rotatable bonds is 7. The Morgan fingerprint density at radius 1 is 1.47 bits per heavy atom. The molecule has 1 atom stereocenters. The van der Waals surface area contributed by atoms with E-state index in [2.05, 4.69) is 4.74 Å². The summed E-state index contributed by atoms with van der Waals surface area (Å²) in [5.74, 6) is -0.438. The molecular weight excluding hydrogens is 204 g/mol. The van der Waals surface area contributed by atoms with Crippen molar-refractivity contribution < 1.29 is 18.3 Å². The van der Waals surface area contributed by atoms with E-state index in [9.17, 15) is 13.6 Å². The largest absolute Gasteiger partial charge is 0.468 e. The second kappa shape index (κ2) is 7.56. The van der Waals surface area contributed by atoms with E-state index in [0.717, 1.165) is 12.8 Å². The summed E-state index contributed by atoms with van der Waals surface area (Å²) in [6.45, 7) is 1.59. The Balaban J connectivity index is 4.26. The standard InChI is InChI=1S/C10H19F2NO2/c1-4-5-6-8(10(14)15-3)13(2)7-9(11)12/h8-9H,4-7H2,1-3H3. The molecule has 90 valence electrons. The van der Waals surface area contributed by atoms with Gasteiger partial charge in [0, 0.05) is 0 Å². The van der Waals surface area contributed by atoms with Gasteiger partial charge in [-0.15, -0.1) is 0 Å². The summed E-state index contributed by atoms with van der Waals surface area (Å²) in [6, 6.07) is -0.552. The molecule has 0 rings (SSSR count). The van der Waals surface area contributed by atoms with Crippen molar-refractivity contribution in [3.05, 3.63) is 0 Å². The zero-order chi connectivity index (χ0) is 11.8. The van der Waals surface area contributed by atoms with Crippen LogP contribution >= 0.6 is 0 Å². The Hall–Kier alpha value is -0.710. The number of hydrogen-bond donors (Lipinski definition) is 0. The van der Waals surface area contributed by atoms with Crippen molar-refractivity contribution in [2.45, 2.75) is 38.7 Å². The van der Waals surface area contributed by atoms with Crippen LogP contribution in [-0.2, 0) is 9.53 Å². The number of halogens is 2. The zero-order valence-corrected chi connectivity index (χ0v) is 9.50. The molecule has 0 aliphatic rings. The van der Waals surface area contributed by atoms with Gasteiger partial charge in [-0.25, -0.2) is 8.78 Å². The maximum Gasteiger partial charge on any atom is 0.323 e. The Kier molecular flexibility index (Phi) is 7.21. The predicted octanol–water partition coefficient (Wildman–Crippen LogP) is 1.92. The number of ether oxygens (including phenoxy) is 1. The third-order valence-electron chi connectivity index (χ3n) is 2.26. The molecular formula is C10H19F2NO2. The molecule has 5 heteroatoms. The van der Waals surface area contributed by atoms with Gasteiger partial charge in [0.1, 0.15) is 6.04 Å². The Labute approximate surface area is 89.4 Å². The fourth-order valence-corrected chi connectivity index (χ4v) is 1.40. The monoisotopic (exact) mass is 223 g/mol. The van der Waals surface area contributed by atoms with Crippen molar-refractivity contribution in [2.75, 3.05) is 20.7 Å². The maximum absolute atomic E-state index is 12.1. The van der Waals surface area contributed by atoms with Gasteiger partial charge in [-0.2, -0.15) is 0 Å². The van der Waals surface area contributed by atoms with E-state index in [1.165, 1.54) is 19.1 Å². The highest BCUT2D eigenvalue weighted by molar-refractivity contribution is 5.75. The summed E-state index contributed by atoms with van der Waals surface area (Å²) in [5, 5.41) is 0. The van der Waals surface area contributed by atoms with Crippen molar-refractivity contribution in [1.29, 1.82) is 0 Å². The van der Waals surface area contributed by atoms with Crippen LogP contribution in [0.5, 0.6) is 0 Å². The molecule has 0 N–H and O–H groups in total. The van der Waals surface area contributed by atoms with Gasteiger partial charge in [0.25, 0.3) is 6.43 Å². The number of carbonyl (C=O) groups is 1. The summed E-state index contributed by atoms with van der Waals surface area (Å²) in [4.78, 5) is 12.7. The quantitative estimate of drug-likeness (QED) is 0.617. The lowest BCUT2D eigenvalue weighted by atomic mass is 10.1. The smallest absolute Gasteiger partial charge is 0.323 e. The lowest BCUT2D eigenvalue weighted by molar-refractivity contribution is -0.147. The van der Waals surface area contributed by atoms with Crippen molar-refractivity contribution in [3.63, 3.8) is 0 Å². The number of carbonyl (C=O) groups excluding carboxylic acids is 1. The van der Waals surface area contributed by atoms with Crippen LogP contribution in [0, 0.1) is 0 Å². The molecule has 0 aromatic rings. The van der Waals surface area contributed by atoms with Crippen LogP contribution in [0.15, 0.2) is 0 Å². The summed E-state index contributed by atoms with van der Waals surface area (Å²) in [6.07, 6.45) is -0.112. The average Bonchev–Trinajstić information content (AvgIpc) is 2.16. The molecule has 0 fully saturated rings. The van der Waals surface area contributed by atoms with Gasteiger partial charge in [-0.05, 0) is 13.5 Å². The third kappa shape index (κ3) is 5.67. The Morgan fingerprint density at radius 2 is 2.07 bits per heavy atom. The first-order chi connectivity index (χ1) is 7.02. The second-order valence-electron chi connectivity index (χ2n) is 3.51. The van der Waals surface area contributed by atoms with Crippen molar-refractivity contribution in [1.82, 2.24) is 4.90 Å². The van der Waals surface area contributed by atoms with Gasteiger partial charge >= 0.3 is 5.97 Å². The molecule has 0 saturated carbocycles. The second-order valence-corrected chi connectivity index (χ2v) is 3.51. The van der Waals surface area contributed by atoms with Gasteiger partial charge in [0.2, 0.25) is 0 Å². The first kappa shape index (κ1) is 14.3. The highest BCUT2D eigenvalue weighted by Gasteiger charge is 2.25. The van der Waals surface area contributed by atoms with Crippen LogP contribution in [0.2, 0.25) is 0 Å². The highest BCUT2D eigenvalue weighted by Crippen LogP contribution is 2.10. The number of hydrogen-bond acceptors (Lipinski definition) is 3. The number of nitrogens with zero attached hydrogens (tertiary/aromatic N) is 1. The van der Waals surface area contributed by atoms with Gasteiger partial charge in [0.15, 0.2) is 0 Å². The molecule has 0 aromatic carbocycles. The normalized spacial score (nSPS) is 13.3. The average molecular weight is 223 g/mol. The van der Waals surface area contributed by atoms with Crippen LogP contribution < -0.4 is 0 Å². The van der Waals surface area contributed by atoms with Crippen LogP contribution in [-0.4, -0.2) is 44.0 Å². The molecule has 0 heterocycles. The molecule has 0 radical (unpaired) electrons. The summed E-state index contributed by atoms with van der Waals surface area (Å²) < 4.78 is 28.9. The molecule has 0 bridgehead atoms. The molecule has 0 aromatic heterocycles. The third-order valence-corrected chi connectivity index (χ3v) is 2.26. The van der Waals surface area contributed by atoms with Gasteiger partial charge in [0.05, 0.1) is 13.7 Å². The van der Waals surface area contributed by atoms with E-state index in [-0.39, 0.29) is 0 Å². The minimum absolute atomic E-state index is 0.399. The van der Waals surface area contributed by atoms with Crippen LogP contribution in [0.3, 0.4) is 0 Å². The minimum Gasteiger partial charge on any atom is -0.468 e. The van der Waals surface area contributed by atoms with E-state index in [0.29, 0.717) is 6.42 Å². The molecule has 0 aliphatic heterocycles. The number of likely N-dealkylation sites (N-methyl/N-ethyl adjacent to an activating group) is 1. The molecule has 0 aliphatic carbocycles. The molecule has 3 nitrogen and oxygen atoms in total. The Morgan fingerprint density at radius 3 is 2.47 bits per heavy atom. The molecule has 0 spiro atoms. The van der Waals surface area contributed by atoms with Gasteiger partial charge in [-0.3, -0.25) is 9.69 Å². The van der Waals surface area contributed by atoms with E-state index < -0.39 is 25.0 Å². The van der Waals surface area contributed by atoms with E-state index in [1.807, 2.05) is 6.92 Å². The molecule has 0 saturated heterocycles. The molecule has 1 unspecified atom stereocenters. The van der Waals surface area contributed by atoms with E-state index >= 15 is 0 Å². The lowest BCUT2D eigenvalue weighted by Crippen LogP contribution is -2.41.